The summed E-state index contributed by atoms with van der Waals surface area (Å²) in [4.78, 5) is 15.2. The summed E-state index contributed by atoms with van der Waals surface area (Å²) >= 11 is 0. The lowest BCUT2D eigenvalue weighted by Crippen LogP contribution is -2.33. The molecule has 0 bridgehead atoms. The van der Waals surface area contributed by atoms with E-state index in [1.807, 2.05) is 23.1 Å². The molecule has 1 aromatic heterocycles. The molecule has 0 amide bonds. The van der Waals surface area contributed by atoms with Crippen LogP contribution in [-0.2, 0) is 19.1 Å². The summed E-state index contributed by atoms with van der Waals surface area (Å²) in [7, 11) is 1.46. The van der Waals surface area contributed by atoms with Gasteiger partial charge in [-0.25, -0.2) is 0 Å². The lowest BCUT2D eigenvalue weighted by Gasteiger charge is -2.29. The van der Waals surface area contributed by atoms with Crippen LogP contribution in [0.4, 0.5) is 13.2 Å². The number of alkyl halides is 3. The molecule has 0 fully saturated rings. The van der Waals surface area contributed by atoms with Crippen LogP contribution in [0.3, 0.4) is 0 Å². The van der Waals surface area contributed by atoms with Crippen molar-refractivity contribution >= 4 is 11.0 Å². The molecule has 0 spiro atoms. The van der Waals surface area contributed by atoms with Crippen LogP contribution in [0, 0.1) is 0 Å². The number of benzene rings is 3. The van der Waals surface area contributed by atoms with E-state index >= 15 is 0 Å². The Hall–Kier alpha value is -3.98. The first-order valence-electron chi connectivity index (χ1n) is 11.7. The largest absolute Gasteiger partial charge is 0.497 e. The topological polar surface area (TPSA) is 61.1 Å². The Morgan fingerprint density at radius 1 is 0.973 bits per heavy atom. The molecule has 0 atom stereocenters. The van der Waals surface area contributed by atoms with Crippen molar-refractivity contribution in [2.75, 3.05) is 20.4 Å². The van der Waals surface area contributed by atoms with Crippen LogP contribution in [0.5, 0.6) is 23.0 Å². The molecule has 3 aromatic carbocycles. The fourth-order valence-corrected chi connectivity index (χ4v) is 4.33. The van der Waals surface area contributed by atoms with Gasteiger partial charge in [0.2, 0.25) is 11.2 Å². The van der Waals surface area contributed by atoms with Gasteiger partial charge in [-0.3, -0.25) is 9.69 Å². The fraction of sp³-hybridized carbons (Fsp3) is 0.250. The number of ether oxygens (including phenoxy) is 3. The van der Waals surface area contributed by atoms with Gasteiger partial charge in [-0.15, -0.1) is 0 Å². The maximum Gasteiger partial charge on any atom is 0.453 e. The Bertz CT molecular complexity index is 1450. The molecule has 2 heterocycles. The van der Waals surface area contributed by atoms with Gasteiger partial charge < -0.3 is 18.6 Å². The van der Waals surface area contributed by atoms with E-state index in [4.69, 9.17) is 18.6 Å². The van der Waals surface area contributed by atoms with E-state index in [1.54, 1.807) is 6.07 Å². The summed E-state index contributed by atoms with van der Waals surface area (Å²) in [6.07, 6.45) is -3.26. The van der Waals surface area contributed by atoms with E-state index in [0.717, 1.165) is 12.8 Å². The van der Waals surface area contributed by atoms with Gasteiger partial charge in [0.05, 0.1) is 18.1 Å². The Morgan fingerprint density at radius 3 is 2.41 bits per heavy atom. The van der Waals surface area contributed by atoms with Crippen molar-refractivity contribution in [1.29, 1.82) is 0 Å². The van der Waals surface area contributed by atoms with Gasteiger partial charge in [-0.1, -0.05) is 30.3 Å². The summed E-state index contributed by atoms with van der Waals surface area (Å²) in [6, 6.07) is 18.9. The summed E-state index contributed by atoms with van der Waals surface area (Å²) in [5.74, 6) is -1.47. The maximum absolute atomic E-state index is 14.0. The Morgan fingerprint density at radius 2 is 1.70 bits per heavy atom. The summed E-state index contributed by atoms with van der Waals surface area (Å²) in [5, 5.41) is -0.00926. The third-order valence-corrected chi connectivity index (χ3v) is 6.18. The predicted molar refractivity (Wildman–Crippen MR) is 131 cm³/mol. The smallest absolute Gasteiger partial charge is 0.453 e. The van der Waals surface area contributed by atoms with E-state index in [-0.39, 0.29) is 16.7 Å². The summed E-state index contributed by atoms with van der Waals surface area (Å²) < 4.78 is 63.8. The van der Waals surface area contributed by atoms with E-state index in [1.165, 1.54) is 43.0 Å². The van der Waals surface area contributed by atoms with Gasteiger partial charge in [0.1, 0.15) is 29.6 Å². The van der Waals surface area contributed by atoms with Gasteiger partial charge in [-0.2, -0.15) is 13.2 Å². The van der Waals surface area contributed by atoms with Crippen LogP contribution in [0.2, 0.25) is 0 Å². The van der Waals surface area contributed by atoms with Crippen LogP contribution in [0.25, 0.3) is 11.0 Å². The third-order valence-electron chi connectivity index (χ3n) is 6.18. The molecule has 0 radical (unpaired) electrons. The van der Waals surface area contributed by atoms with Gasteiger partial charge in [0, 0.05) is 13.1 Å². The van der Waals surface area contributed by atoms with Crippen molar-refractivity contribution in [3.8, 4) is 23.0 Å². The normalized spacial score (nSPS) is 13.7. The highest BCUT2D eigenvalue weighted by atomic mass is 19.4. The van der Waals surface area contributed by atoms with Crippen LogP contribution < -0.4 is 19.6 Å². The number of halogens is 3. The zero-order valence-electron chi connectivity index (χ0n) is 20.0. The van der Waals surface area contributed by atoms with Crippen LogP contribution in [0.1, 0.15) is 23.3 Å². The highest BCUT2D eigenvalue weighted by Gasteiger charge is 2.41. The zero-order valence-corrected chi connectivity index (χ0v) is 20.0. The van der Waals surface area contributed by atoms with E-state index in [2.05, 4.69) is 12.1 Å². The van der Waals surface area contributed by atoms with Gasteiger partial charge in [0.15, 0.2) is 0 Å². The SMILES string of the molecule is COc1ccc(Oc2c(C(F)(F)F)oc3c4c(ccc3c2=O)OCN(CCCc2ccccc2)C4)cc1. The maximum atomic E-state index is 14.0. The number of methoxy groups -OCH3 is 1. The number of fused-ring (bicyclic) bond motifs is 3. The molecule has 37 heavy (non-hydrogen) atoms. The molecular formula is C28H24F3NO5. The zero-order chi connectivity index (χ0) is 26.0. The third kappa shape index (κ3) is 5.27. The van der Waals surface area contributed by atoms with Crippen molar-refractivity contribution in [3.63, 3.8) is 0 Å². The molecule has 1 aliphatic rings. The van der Waals surface area contributed by atoms with E-state index in [9.17, 15) is 18.0 Å². The van der Waals surface area contributed by atoms with Crippen molar-refractivity contribution in [3.05, 3.63) is 93.8 Å². The average molecular weight is 511 g/mol. The monoisotopic (exact) mass is 511 g/mol. The molecular weight excluding hydrogens is 487 g/mol. The van der Waals surface area contributed by atoms with Crippen LogP contribution >= 0.6 is 0 Å². The van der Waals surface area contributed by atoms with E-state index in [0.29, 0.717) is 36.9 Å². The minimum absolute atomic E-state index is 0.00926. The highest BCUT2D eigenvalue weighted by molar-refractivity contribution is 5.83. The van der Waals surface area contributed by atoms with Gasteiger partial charge >= 0.3 is 6.18 Å². The first kappa shape index (κ1) is 24.7. The Kier molecular flexibility index (Phi) is 6.80. The average Bonchev–Trinajstić information content (AvgIpc) is 2.90. The molecule has 1 aliphatic heterocycles. The lowest BCUT2D eigenvalue weighted by molar-refractivity contribution is -0.154. The molecule has 9 heteroatoms. The molecule has 6 nitrogen and oxygen atoms in total. The Labute approximate surface area is 210 Å². The molecule has 4 aromatic rings. The minimum Gasteiger partial charge on any atom is -0.497 e. The van der Waals surface area contributed by atoms with Crippen LogP contribution in [-0.4, -0.2) is 25.3 Å². The van der Waals surface area contributed by atoms with Crippen molar-refractivity contribution in [1.82, 2.24) is 4.90 Å². The van der Waals surface area contributed by atoms with Gasteiger partial charge in [0.25, 0.3) is 5.76 Å². The van der Waals surface area contributed by atoms with Crippen molar-refractivity contribution < 1.29 is 31.8 Å². The first-order valence-corrected chi connectivity index (χ1v) is 11.7. The van der Waals surface area contributed by atoms with Gasteiger partial charge in [-0.05, 0) is 54.8 Å². The number of hydrogen-bond donors (Lipinski definition) is 0. The summed E-state index contributed by atoms with van der Waals surface area (Å²) in [6.45, 7) is 1.25. The molecule has 0 saturated carbocycles. The molecule has 0 N–H and O–H groups in total. The van der Waals surface area contributed by atoms with Crippen LogP contribution in [0.15, 0.2) is 75.9 Å². The molecule has 0 aliphatic carbocycles. The van der Waals surface area contributed by atoms with Crippen molar-refractivity contribution in [2.45, 2.75) is 25.6 Å². The standard InChI is InChI=1S/C28H24F3NO5/c1-34-19-9-11-20(12-10-19)36-26-24(33)21-13-14-23-22(25(21)37-27(26)28(29,30)31)16-32(17-35-23)15-5-8-18-6-3-2-4-7-18/h2-4,6-7,9-14H,5,8,15-17H2,1H3. The molecule has 192 valence electrons. The molecule has 5 rings (SSSR count). The second-order valence-electron chi connectivity index (χ2n) is 8.70. The predicted octanol–water partition coefficient (Wildman–Crippen LogP) is 6.40. The summed E-state index contributed by atoms with van der Waals surface area (Å²) in [5.41, 5.74) is 0.552. The fourth-order valence-electron chi connectivity index (χ4n) is 4.33. The quantitative estimate of drug-likeness (QED) is 0.286. The first-order chi connectivity index (χ1) is 17.8. The second-order valence-corrected chi connectivity index (χ2v) is 8.70. The number of nitrogens with zero attached hydrogens (tertiary/aromatic N) is 1. The molecule has 0 unspecified atom stereocenters. The number of hydrogen-bond acceptors (Lipinski definition) is 6. The minimum atomic E-state index is -4.96. The van der Waals surface area contributed by atoms with E-state index < -0.39 is 23.1 Å². The Balaban J connectivity index is 1.47. The molecule has 0 saturated heterocycles. The van der Waals surface area contributed by atoms with Crippen molar-refractivity contribution in [2.24, 2.45) is 0 Å². The highest BCUT2D eigenvalue weighted by Crippen LogP contribution is 2.41. The number of aryl methyl sites for hydroxylation is 1. The number of rotatable bonds is 7. The lowest BCUT2D eigenvalue weighted by atomic mass is 10.1. The second kappa shape index (κ2) is 10.2.